The minimum absolute atomic E-state index is 0.211. The fourth-order valence-corrected chi connectivity index (χ4v) is 4.09. The molecule has 3 unspecified atom stereocenters. The Hall–Kier alpha value is -1.50. The van der Waals surface area contributed by atoms with Gasteiger partial charge in [0, 0.05) is 23.2 Å². The summed E-state index contributed by atoms with van der Waals surface area (Å²) in [4.78, 5) is 6.55. The summed E-state index contributed by atoms with van der Waals surface area (Å²) in [5.41, 5.74) is 6.08. The topological polar surface area (TPSA) is 68.2 Å². The summed E-state index contributed by atoms with van der Waals surface area (Å²) in [5.74, 6) is 1.82. The highest BCUT2D eigenvalue weighted by atomic mass is 35.5. The van der Waals surface area contributed by atoms with Gasteiger partial charge in [-0.25, -0.2) is 4.39 Å². The fourth-order valence-electron chi connectivity index (χ4n) is 3.86. The molecule has 1 fully saturated rings. The number of aromatic nitrogens is 2. The van der Waals surface area contributed by atoms with Gasteiger partial charge in [0.1, 0.15) is 5.82 Å². The molecule has 0 bridgehead atoms. The number of benzene rings is 1. The minimum Gasteiger partial charge on any atom is -0.338 e. The Morgan fingerprint density at radius 1 is 1.31 bits per heavy atom. The van der Waals surface area contributed by atoms with E-state index >= 15 is 0 Å². The highest BCUT2D eigenvalue weighted by Crippen LogP contribution is 2.35. The van der Waals surface area contributed by atoms with E-state index in [1.807, 2.05) is 0 Å². The molecule has 2 N–H and O–H groups in total. The molecule has 26 heavy (non-hydrogen) atoms. The molecule has 5 nitrogen and oxygen atoms in total. The van der Waals surface area contributed by atoms with E-state index in [1.54, 1.807) is 12.1 Å². The SMILES string of the molecule is CC1CCCC(N(Cc2noc(CN)n2)Cc2c(F)cccc2Cl)C1C. The van der Waals surface area contributed by atoms with Crippen LogP contribution in [0.2, 0.25) is 5.02 Å². The van der Waals surface area contributed by atoms with Gasteiger partial charge in [-0.05, 0) is 30.4 Å². The highest BCUT2D eigenvalue weighted by Gasteiger charge is 2.33. The zero-order chi connectivity index (χ0) is 18.7. The second-order valence-electron chi connectivity index (χ2n) is 7.25. The van der Waals surface area contributed by atoms with Gasteiger partial charge in [-0.1, -0.05) is 49.5 Å². The van der Waals surface area contributed by atoms with E-state index in [1.165, 1.54) is 12.5 Å². The van der Waals surface area contributed by atoms with Gasteiger partial charge in [0.25, 0.3) is 0 Å². The maximum absolute atomic E-state index is 14.4. The molecule has 0 aliphatic heterocycles. The zero-order valence-corrected chi connectivity index (χ0v) is 16.0. The second kappa shape index (κ2) is 8.46. The quantitative estimate of drug-likeness (QED) is 0.815. The van der Waals surface area contributed by atoms with Crippen LogP contribution in [0.1, 0.15) is 50.4 Å². The Kier molecular flexibility index (Phi) is 6.27. The van der Waals surface area contributed by atoms with E-state index in [0.29, 0.717) is 53.3 Å². The van der Waals surface area contributed by atoms with E-state index in [0.717, 1.165) is 12.8 Å². The predicted octanol–water partition coefficient (Wildman–Crippen LogP) is 4.15. The lowest BCUT2D eigenvalue weighted by atomic mass is 9.77. The average molecular weight is 381 g/mol. The lowest BCUT2D eigenvalue weighted by Crippen LogP contribution is -2.43. The van der Waals surface area contributed by atoms with Crippen LogP contribution in [0, 0.1) is 17.7 Å². The van der Waals surface area contributed by atoms with Crippen molar-refractivity contribution in [3.8, 4) is 0 Å². The van der Waals surface area contributed by atoms with Crippen molar-refractivity contribution in [2.24, 2.45) is 17.6 Å². The first kappa shape index (κ1) is 19.3. The van der Waals surface area contributed by atoms with E-state index in [9.17, 15) is 4.39 Å². The molecule has 2 aromatic rings. The van der Waals surface area contributed by atoms with Crippen LogP contribution in [0.3, 0.4) is 0 Å². The van der Waals surface area contributed by atoms with Crippen LogP contribution < -0.4 is 5.73 Å². The standard InChI is InChI=1S/C19H26ClFN4O/c1-12-5-3-8-17(13(12)2)25(11-18-23-19(9-22)26-24-18)10-14-15(20)6-4-7-16(14)21/h4,6-7,12-13,17H,3,5,8-11,22H2,1-2H3. The van der Waals surface area contributed by atoms with Gasteiger partial charge in [-0.15, -0.1) is 0 Å². The summed E-state index contributed by atoms with van der Waals surface area (Å²) in [6, 6.07) is 5.12. The zero-order valence-electron chi connectivity index (χ0n) is 15.3. The predicted molar refractivity (Wildman–Crippen MR) is 98.8 cm³/mol. The molecule has 0 saturated heterocycles. The van der Waals surface area contributed by atoms with E-state index in [2.05, 4.69) is 28.9 Å². The van der Waals surface area contributed by atoms with Crippen molar-refractivity contribution in [1.29, 1.82) is 0 Å². The second-order valence-corrected chi connectivity index (χ2v) is 7.66. The highest BCUT2D eigenvalue weighted by molar-refractivity contribution is 6.31. The molecule has 142 valence electrons. The number of hydrogen-bond acceptors (Lipinski definition) is 5. The average Bonchev–Trinajstić information content (AvgIpc) is 3.07. The maximum atomic E-state index is 14.4. The van der Waals surface area contributed by atoms with Crippen LogP contribution in [-0.4, -0.2) is 21.1 Å². The number of nitrogens with zero attached hydrogens (tertiary/aromatic N) is 3. The van der Waals surface area contributed by atoms with Gasteiger partial charge in [-0.2, -0.15) is 4.98 Å². The molecule has 7 heteroatoms. The first-order valence-electron chi connectivity index (χ1n) is 9.18. The summed E-state index contributed by atoms with van der Waals surface area (Å²) < 4.78 is 19.5. The van der Waals surface area contributed by atoms with E-state index in [4.69, 9.17) is 21.9 Å². The first-order chi connectivity index (χ1) is 12.5. The molecule has 1 saturated carbocycles. The normalized spacial score (nSPS) is 23.5. The van der Waals surface area contributed by atoms with Gasteiger partial charge in [-0.3, -0.25) is 4.90 Å². The molecule has 1 aromatic carbocycles. The molecule has 0 radical (unpaired) electrons. The molecule has 0 amide bonds. The monoisotopic (exact) mass is 380 g/mol. The molecule has 3 atom stereocenters. The number of nitrogens with two attached hydrogens (primary N) is 1. The van der Waals surface area contributed by atoms with Gasteiger partial charge < -0.3 is 10.3 Å². The molecule has 1 heterocycles. The number of rotatable bonds is 6. The molecular weight excluding hydrogens is 355 g/mol. The van der Waals surface area contributed by atoms with Gasteiger partial charge >= 0.3 is 0 Å². The summed E-state index contributed by atoms with van der Waals surface area (Å²) in [7, 11) is 0. The maximum Gasteiger partial charge on any atom is 0.240 e. The van der Waals surface area contributed by atoms with Crippen molar-refractivity contribution in [2.75, 3.05) is 0 Å². The fraction of sp³-hybridized carbons (Fsp3) is 0.579. The number of hydrogen-bond donors (Lipinski definition) is 1. The molecule has 1 aliphatic rings. The van der Waals surface area contributed by atoms with Crippen molar-refractivity contribution in [1.82, 2.24) is 15.0 Å². The first-order valence-corrected chi connectivity index (χ1v) is 9.55. The van der Waals surface area contributed by atoms with E-state index in [-0.39, 0.29) is 12.4 Å². The minimum atomic E-state index is -0.283. The summed E-state index contributed by atoms with van der Waals surface area (Å²) in [6.07, 6.45) is 3.46. The molecule has 1 aromatic heterocycles. The third kappa shape index (κ3) is 4.24. The summed E-state index contributed by atoms with van der Waals surface area (Å²) >= 11 is 6.27. The van der Waals surface area contributed by atoms with Crippen molar-refractivity contribution in [3.05, 3.63) is 46.3 Å². The Balaban J connectivity index is 1.87. The molecule has 0 spiro atoms. The van der Waals surface area contributed by atoms with E-state index < -0.39 is 0 Å². The van der Waals surface area contributed by atoms with Crippen molar-refractivity contribution in [2.45, 2.75) is 58.8 Å². The van der Waals surface area contributed by atoms with Crippen LogP contribution in [0.25, 0.3) is 0 Å². The van der Waals surface area contributed by atoms with Crippen molar-refractivity contribution < 1.29 is 8.91 Å². The lowest BCUT2D eigenvalue weighted by Gasteiger charge is -2.41. The van der Waals surface area contributed by atoms with Gasteiger partial charge in [0.15, 0.2) is 5.82 Å². The van der Waals surface area contributed by atoms with Crippen molar-refractivity contribution in [3.63, 3.8) is 0 Å². The van der Waals surface area contributed by atoms with Crippen LogP contribution in [0.4, 0.5) is 4.39 Å². The van der Waals surface area contributed by atoms with Crippen LogP contribution in [-0.2, 0) is 19.6 Å². The molecular formula is C19H26ClFN4O. The molecule has 3 rings (SSSR count). The number of halogens is 2. The molecule has 1 aliphatic carbocycles. The van der Waals surface area contributed by atoms with Gasteiger partial charge in [0.2, 0.25) is 5.89 Å². The Morgan fingerprint density at radius 3 is 2.81 bits per heavy atom. The smallest absolute Gasteiger partial charge is 0.240 e. The third-order valence-corrected chi connectivity index (χ3v) is 5.94. The third-order valence-electron chi connectivity index (χ3n) is 5.59. The summed E-state index contributed by atoms with van der Waals surface area (Å²) in [6.45, 7) is 5.66. The van der Waals surface area contributed by atoms with Crippen LogP contribution >= 0.6 is 11.6 Å². The Morgan fingerprint density at radius 2 is 2.12 bits per heavy atom. The summed E-state index contributed by atoms with van der Waals surface area (Å²) in [5, 5.41) is 4.46. The largest absolute Gasteiger partial charge is 0.338 e. The Bertz CT molecular complexity index is 718. The van der Waals surface area contributed by atoms with Crippen LogP contribution in [0.5, 0.6) is 0 Å². The van der Waals surface area contributed by atoms with Gasteiger partial charge in [0.05, 0.1) is 13.1 Å². The van der Waals surface area contributed by atoms with Crippen molar-refractivity contribution >= 4 is 11.6 Å². The van der Waals surface area contributed by atoms with Crippen LogP contribution in [0.15, 0.2) is 22.7 Å². The Labute approximate surface area is 158 Å². The lowest BCUT2D eigenvalue weighted by molar-refractivity contribution is 0.0651.